The van der Waals surface area contributed by atoms with Crippen LogP contribution in [-0.2, 0) is 4.79 Å². The van der Waals surface area contributed by atoms with E-state index in [1.165, 1.54) is 0 Å². The van der Waals surface area contributed by atoms with Crippen LogP contribution in [0.3, 0.4) is 0 Å². The van der Waals surface area contributed by atoms with Crippen LogP contribution < -0.4 is 4.74 Å². The maximum atomic E-state index is 10.7. The minimum atomic E-state index is -0.384. The molecule has 1 aromatic carbocycles. The van der Waals surface area contributed by atoms with Gasteiger partial charge < -0.3 is 9.53 Å². The lowest BCUT2D eigenvalue weighted by Gasteiger charge is -2.15. The molecule has 0 aliphatic heterocycles. The third-order valence-electron chi connectivity index (χ3n) is 1.75. The van der Waals surface area contributed by atoms with E-state index in [0.29, 0.717) is 10.8 Å². The van der Waals surface area contributed by atoms with Crippen LogP contribution in [-0.4, -0.2) is 12.4 Å². The fourth-order valence-electron chi connectivity index (χ4n) is 1.17. The van der Waals surface area contributed by atoms with Crippen LogP contribution in [0.2, 0.25) is 5.02 Å². The molecule has 0 saturated carbocycles. The van der Waals surface area contributed by atoms with Crippen molar-refractivity contribution < 1.29 is 9.53 Å². The summed E-state index contributed by atoms with van der Waals surface area (Å²) in [5.74, 6) is 0.684. The Hall–Kier alpha value is -0.540. The first-order chi connectivity index (χ1) is 7.04. The molecule has 0 aromatic heterocycles. The van der Waals surface area contributed by atoms with Gasteiger partial charge in [0.15, 0.2) is 0 Å². The molecule has 1 rings (SSSR count). The van der Waals surface area contributed by atoms with E-state index in [0.717, 1.165) is 11.8 Å². The number of aldehydes is 1. The number of benzene rings is 1. The van der Waals surface area contributed by atoms with Crippen molar-refractivity contribution in [2.45, 2.75) is 24.8 Å². The average Bonchev–Trinajstić information content (AvgIpc) is 2.19. The lowest BCUT2D eigenvalue weighted by molar-refractivity contribution is -0.107. The predicted octanol–water partition coefficient (Wildman–Crippen LogP) is 3.76. The monoisotopic (exact) mass is 290 g/mol. The Labute approximate surface area is 103 Å². The highest BCUT2D eigenvalue weighted by Crippen LogP contribution is 2.32. The second kappa shape index (κ2) is 5.52. The van der Waals surface area contributed by atoms with E-state index in [-0.39, 0.29) is 10.9 Å². The zero-order chi connectivity index (χ0) is 11.4. The van der Waals surface area contributed by atoms with Gasteiger partial charge in [0, 0.05) is 10.6 Å². The molecule has 15 heavy (non-hydrogen) atoms. The van der Waals surface area contributed by atoms with Crippen LogP contribution in [0.25, 0.3) is 0 Å². The maximum absolute atomic E-state index is 10.7. The second-order valence-corrected chi connectivity index (χ2v) is 4.81. The summed E-state index contributed by atoms with van der Waals surface area (Å²) in [5.41, 5.74) is 0.756. The highest BCUT2D eigenvalue weighted by atomic mass is 79.9. The van der Waals surface area contributed by atoms with Crippen LogP contribution in [0.15, 0.2) is 18.2 Å². The van der Waals surface area contributed by atoms with Gasteiger partial charge in [0.05, 0.1) is 10.9 Å². The van der Waals surface area contributed by atoms with E-state index in [1.807, 2.05) is 13.8 Å². The first-order valence-electron chi connectivity index (χ1n) is 4.60. The molecule has 0 spiro atoms. The molecule has 0 aliphatic carbocycles. The summed E-state index contributed by atoms with van der Waals surface area (Å²) in [7, 11) is 0. The summed E-state index contributed by atoms with van der Waals surface area (Å²) in [4.78, 5) is 10.3. The van der Waals surface area contributed by atoms with Crippen molar-refractivity contribution in [3.05, 3.63) is 28.8 Å². The number of carbonyl (C=O) groups is 1. The molecule has 0 N–H and O–H groups in total. The molecule has 82 valence electrons. The predicted molar refractivity (Wildman–Crippen MR) is 64.9 cm³/mol. The van der Waals surface area contributed by atoms with E-state index in [1.54, 1.807) is 18.2 Å². The lowest BCUT2D eigenvalue weighted by atomic mass is 10.1. The second-order valence-electron chi connectivity index (χ2n) is 3.39. The molecule has 1 unspecified atom stereocenters. The number of halogens is 2. The van der Waals surface area contributed by atoms with Crippen molar-refractivity contribution in [1.82, 2.24) is 0 Å². The summed E-state index contributed by atoms with van der Waals surface area (Å²) in [6.07, 6.45) is 0.870. The third-order valence-corrected chi connectivity index (χ3v) is 2.70. The van der Waals surface area contributed by atoms with Gasteiger partial charge in [-0.25, -0.2) is 0 Å². The van der Waals surface area contributed by atoms with Gasteiger partial charge in [-0.15, -0.1) is 0 Å². The van der Waals surface area contributed by atoms with E-state index in [4.69, 9.17) is 16.3 Å². The molecule has 2 nitrogen and oxygen atoms in total. The molecule has 1 aromatic rings. The van der Waals surface area contributed by atoms with Crippen molar-refractivity contribution in [1.29, 1.82) is 0 Å². The largest absolute Gasteiger partial charge is 0.491 e. The van der Waals surface area contributed by atoms with Crippen LogP contribution in [0.5, 0.6) is 5.75 Å². The minimum Gasteiger partial charge on any atom is -0.491 e. The van der Waals surface area contributed by atoms with E-state index < -0.39 is 0 Å². The van der Waals surface area contributed by atoms with E-state index >= 15 is 0 Å². The molecule has 0 bridgehead atoms. The number of alkyl halides is 1. The Kier molecular flexibility index (Phi) is 4.61. The standard InChI is InChI=1S/C11H12BrClO2/c1-7(2)15-11-4-3-8(13)5-9(11)10(12)6-14/h3-7,10H,1-2H3. The van der Waals surface area contributed by atoms with Crippen molar-refractivity contribution in [3.63, 3.8) is 0 Å². The number of rotatable bonds is 4. The molecule has 0 fully saturated rings. The number of carbonyl (C=O) groups excluding carboxylic acids is 1. The van der Waals surface area contributed by atoms with Crippen molar-refractivity contribution >= 4 is 33.8 Å². The molecule has 0 aliphatic rings. The normalized spacial score (nSPS) is 12.6. The Morgan fingerprint density at radius 1 is 1.47 bits per heavy atom. The van der Waals surface area contributed by atoms with Crippen molar-refractivity contribution in [3.8, 4) is 5.75 Å². The summed E-state index contributed by atoms with van der Waals surface area (Å²) < 4.78 is 5.58. The highest BCUT2D eigenvalue weighted by molar-refractivity contribution is 9.09. The molecular weight excluding hydrogens is 279 g/mol. The average molecular weight is 292 g/mol. The molecule has 0 radical (unpaired) electrons. The third kappa shape index (κ3) is 3.50. The van der Waals surface area contributed by atoms with Crippen LogP contribution in [0.1, 0.15) is 24.2 Å². The molecule has 1 atom stereocenters. The van der Waals surface area contributed by atoms with Crippen molar-refractivity contribution in [2.24, 2.45) is 0 Å². The van der Waals surface area contributed by atoms with Crippen LogP contribution >= 0.6 is 27.5 Å². The van der Waals surface area contributed by atoms with Gasteiger partial charge in [0.2, 0.25) is 0 Å². The maximum Gasteiger partial charge on any atom is 0.138 e. The zero-order valence-electron chi connectivity index (χ0n) is 8.54. The quantitative estimate of drug-likeness (QED) is 0.623. The summed E-state index contributed by atoms with van der Waals surface area (Å²) in [6.45, 7) is 3.87. The van der Waals surface area contributed by atoms with Gasteiger partial charge in [-0.05, 0) is 32.0 Å². The molecule has 4 heteroatoms. The summed E-state index contributed by atoms with van der Waals surface area (Å²) >= 11 is 9.12. The van der Waals surface area contributed by atoms with Gasteiger partial charge >= 0.3 is 0 Å². The Morgan fingerprint density at radius 3 is 2.67 bits per heavy atom. The fraction of sp³-hybridized carbons (Fsp3) is 0.364. The fourth-order valence-corrected chi connectivity index (χ4v) is 1.71. The van der Waals surface area contributed by atoms with Crippen molar-refractivity contribution in [2.75, 3.05) is 0 Å². The number of ether oxygens (including phenoxy) is 1. The lowest BCUT2D eigenvalue weighted by Crippen LogP contribution is -2.08. The first kappa shape index (κ1) is 12.5. The van der Waals surface area contributed by atoms with Crippen LogP contribution in [0.4, 0.5) is 0 Å². The Morgan fingerprint density at radius 2 is 2.13 bits per heavy atom. The molecule has 0 heterocycles. The number of hydrogen-bond acceptors (Lipinski definition) is 2. The highest BCUT2D eigenvalue weighted by Gasteiger charge is 2.13. The molecule has 0 amide bonds. The van der Waals surface area contributed by atoms with E-state index in [9.17, 15) is 4.79 Å². The number of hydrogen-bond donors (Lipinski definition) is 0. The smallest absolute Gasteiger partial charge is 0.138 e. The Balaban J connectivity index is 3.08. The van der Waals surface area contributed by atoms with Crippen LogP contribution in [0, 0.1) is 0 Å². The summed E-state index contributed by atoms with van der Waals surface area (Å²) in [6, 6.07) is 5.25. The topological polar surface area (TPSA) is 26.3 Å². The van der Waals surface area contributed by atoms with Gasteiger partial charge in [-0.2, -0.15) is 0 Å². The molecular formula is C11H12BrClO2. The first-order valence-corrected chi connectivity index (χ1v) is 5.89. The SMILES string of the molecule is CC(C)Oc1ccc(Cl)cc1C(Br)C=O. The summed E-state index contributed by atoms with van der Waals surface area (Å²) in [5, 5.41) is 0.590. The van der Waals surface area contributed by atoms with E-state index in [2.05, 4.69) is 15.9 Å². The minimum absolute atomic E-state index is 0.0660. The van der Waals surface area contributed by atoms with Gasteiger partial charge in [0.1, 0.15) is 12.0 Å². The molecule has 0 saturated heterocycles. The van der Waals surface area contributed by atoms with Gasteiger partial charge in [-0.1, -0.05) is 27.5 Å². The van der Waals surface area contributed by atoms with Gasteiger partial charge in [-0.3, -0.25) is 0 Å². The zero-order valence-corrected chi connectivity index (χ0v) is 10.9. The van der Waals surface area contributed by atoms with Gasteiger partial charge in [0.25, 0.3) is 0 Å². The Bertz CT molecular complexity index is 352.